The van der Waals surface area contributed by atoms with E-state index in [1.807, 2.05) is 11.8 Å². The Kier molecular flexibility index (Phi) is 5.84. The molecule has 24 heavy (non-hydrogen) atoms. The number of rotatable bonds is 7. The van der Waals surface area contributed by atoms with Gasteiger partial charge in [0.05, 0.1) is 6.04 Å². The van der Waals surface area contributed by atoms with Gasteiger partial charge in [-0.05, 0) is 26.3 Å². The van der Waals surface area contributed by atoms with Gasteiger partial charge in [-0.1, -0.05) is 12.1 Å². The van der Waals surface area contributed by atoms with Crippen LogP contribution in [0.4, 0.5) is 0 Å². The van der Waals surface area contributed by atoms with Crippen molar-refractivity contribution in [1.82, 2.24) is 24.8 Å². The Labute approximate surface area is 144 Å². The SMILES string of the molecule is CCc1noc([C@H](C)N2CCN(CCCN3CCCC3=O)CC2)n1. The van der Waals surface area contributed by atoms with E-state index in [2.05, 4.69) is 26.9 Å². The quantitative estimate of drug-likeness (QED) is 0.749. The van der Waals surface area contributed by atoms with E-state index in [9.17, 15) is 4.79 Å². The largest absolute Gasteiger partial charge is 0.343 e. The highest BCUT2D eigenvalue weighted by atomic mass is 16.5. The number of carbonyl (C=O) groups is 1. The lowest BCUT2D eigenvalue weighted by atomic mass is 10.2. The molecule has 0 bridgehead atoms. The number of hydrogen-bond acceptors (Lipinski definition) is 6. The molecular weight excluding hydrogens is 306 g/mol. The van der Waals surface area contributed by atoms with E-state index in [4.69, 9.17) is 4.52 Å². The molecule has 0 unspecified atom stereocenters. The fraction of sp³-hybridized carbons (Fsp3) is 0.824. The lowest BCUT2D eigenvalue weighted by Gasteiger charge is -2.37. The number of nitrogens with zero attached hydrogens (tertiary/aromatic N) is 5. The van der Waals surface area contributed by atoms with Crippen LogP contribution in [0.15, 0.2) is 4.52 Å². The van der Waals surface area contributed by atoms with Gasteiger partial charge < -0.3 is 14.3 Å². The normalized spacial score (nSPS) is 21.6. The number of likely N-dealkylation sites (tertiary alicyclic amines) is 1. The van der Waals surface area contributed by atoms with Gasteiger partial charge in [-0.15, -0.1) is 0 Å². The Hall–Kier alpha value is -1.47. The summed E-state index contributed by atoms with van der Waals surface area (Å²) < 4.78 is 5.38. The van der Waals surface area contributed by atoms with E-state index >= 15 is 0 Å². The van der Waals surface area contributed by atoms with Crippen molar-refractivity contribution in [1.29, 1.82) is 0 Å². The van der Waals surface area contributed by atoms with E-state index in [1.165, 1.54) is 0 Å². The summed E-state index contributed by atoms with van der Waals surface area (Å²) in [6.07, 6.45) is 3.66. The van der Waals surface area contributed by atoms with Gasteiger partial charge in [0, 0.05) is 52.1 Å². The Morgan fingerprint density at radius 3 is 2.58 bits per heavy atom. The molecule has 7 nitrogen and oxygen atoms in total. The van der Waals surface area contributed by atoms with Crippen molar-refractivity contribution in [3.63, 3.8) is 0 Å². The molecule has 2 fully saturated rings. The number of carbonyl (C=O) groups excluding carboxylic acids is 1. The first kappa shape index (κ1) is 17.4. The van der Waals surface area contributed by atoms with Crippen molar-refractivity contribution in [3.05, 3.63) is 11.7 Å². The molecule has 1 aromatic rings. The van der Waals surface area contributed by atoms with Crippen molar-refractivity contribution in [2.45, 2.75) is 45.6 Å². The van der Waals surface area contributed by atoms with Gasteiger partial charge in [-0.3, -0.25) is 9.69 Å². The van der Waals surface area contributed by atoms with Crippen LogP contribution in [0.3, 0.4) is 0 Å². The molecule has 0 spiro atoms. The summed E-state index contributed by atoms with van der Waals surface area (Å²) in [7, 11) is 0. The molecule has 3 rings (SSSR count). The predicted octanol–water partition coefficient (Wildman–Crippen LogP) is 1.32. The zero-order valence-electron chi connectivity index (χ0n) is 14.9. The summed E-state index contributed by atoms with van der Waals surface area (Å²) in [6.45, 7) is 11.3. The molecule has 0 N–H and O–H groups in total. The highest BCUT2D eigenvalue weighted by Gasteiger charge is 2.26. The van der Waals surface area contributed by atoms with Crippen molar-refractivity contribution in [3.8, 4) is 0 Å². The van der Waals surface area contributed by atoms with Gasteiger partial charge in [0.2, 0.25) is 11.8 Å². The third-order valence-corrected chi connectivity index (χ3v) is 5.19. The van der Waals surface area contributed by atoms with E-state index in [-0.39, 0.29) is 6.04 Å². The molecule has 134 valence electrons. The Balaban J connectivity index is 1.38. The zero-order valence-corrected chi connectivity index (χ0v) is 14.9. The van der Waals surface area contributed by atoms with Crippen molar-refractivity contribution in [2.75, 3.05) is 45.8 Å². The van der Waals surface area contributed by atoms with Gasteiger partial charge in [0.15, 0.2) is 5.82 Å². The van der Waals surface area contributed by atoms with E-state index < -0.39 is 0 Å². The molecule has 1 amide bonds. The van der Waals surface area contributed by atoms with Crippen LogP contribution in [0.5, 0.6) is 0 Å². The number of hydrogen-bond donors (Lipinski definition) is 0. The predicted molar refractivity (Wildman–Crippen MR) is 90.5 cm³/mol. The summed E-state index contributed by atoms with van der Waals surface area (Å²) in [5.74, 6) is 1.85. The standard InChI is InChI=1S/C17H29N5O2/c1-3-15-18-17(24-19-15)14(2)21-12-10-20(11-13-21)7-5-9-22-8-4-6-16(22)23/h14H,3-13H2,1-2H3/t14-/m0/s1. The molecular formula is C17H29N5O2. The van der Waals surface area contributed by atoms with Gasteiger partial charge in [-0.2, -0.15) is 4.98 Å². The number of piperazine rings is 1. The second-order valence-electron chi connectivity index (χ2n) is 6.79. The molecule has 0 aromatic carbocycles. The summed E-state index contributed by atoms with van der Waals surface area (Å²) in [5, 5.41) is 3.99. The molecule has 3 heterocycles. The Morgan fingerprint density at radius 2 is 1.96 bits per heavy atom. The van der Waals surface area contributed by atoms with Crippen LogP contribution in [-0.4, -0.2) is 76.6 Å². The maximum Gasteiger partial charge on any atom is 0.243 e. The molecule has 0 saturated carbocycles. The molecule has 2 aliphatic rings. The molecule has 2 aliphatic heterocycles. The van der Waals surface area contributed by atoms with Gasteiger partial charge >= 0.3 is 0 Å². The number of aromatic nitrogens is 2. The van der Waals surface area contributed by atoms with E-state index in [0.717, 1.165) is 83.2 Å². The van der Waals surface area contributed by atoms with Crippen LogP contribution in [0.1, 0.15) is 50.9 Å². The number of amides is 1. The lowest BCUT2D eigenvalue weighted by Crippen LogP contribution is -2.47. The van der Waals surface area contributed by atoms with E-state index in [0.29, 0.717) is 5.91 Å². The summed E-state index contributed by atoms with van der Waals surface area (Å²) >= 11 is 0. The monoisotopic (exact) mass is 335 g/mol. The summed E-state index contributed by atoms with van der Waals surface area (Å²) in [6, 6.07) is 0.183. The number of aryl methyl sites for hydroxylation is 1. The van der Waals surface area contributed by atoms with Crippen molar-refractivity contribution < 1.29 is 9.32 Å². The minimum absolute atomic E-state index is 0.183. The smallest absolute Gasteiger partial charge is 0.243 e. The molecule has 1 aromatic heterocycles. The maximum atomic E-state index is 11.6. The molecule has 7 heteroatoms. The first-order valence-corrected chi connectivity index (χ1v) is 9.24. The summed E-state index contributed by atoms with van der Waals surface area (Å²) in [5.41, 5.74) is 0. The minimum Gasteiger partial charge on any atom is -0.343 e. The second-order valence-corrected chi connectivity index (χ2v) is 6.79. The average Bonchev–Trinajstić information content (AvgIpc) is 3.24. The zero-order chi connectivity index (χ0) is 16.9. The van der Waals surface area contributed by atoms with Crippen LogP contribution in [0.25, 0.3) is 0 Å². The van der Waals surface area contributed by atoms with Gasteiger partial charge in [-0.25, -0.2) is 0 Å². The first-order valence-electron chi connectivity index (χ1n) is 9.24. The molecule has 2 saturated heterocycles. The average molecular weight is 335 g/mol. The third-order valence-electron chi connectivity index (χ3n) is 5.19. The fourth-order valence-electron chi connectivity index (χ4n) is 3.54. The van der Waals surface area contributed by atoms with Crippen LogP contribution < -0.4 is 0 Å². The maximum absolute atomic E-state index is 11.6. The second kappa shape index (κ2) is 8.07. The van der Waals surface area contributed by atoms with Crippen LogP contribution in [0, 0.1) is 0 Å². The lowest BCUT2D eigenvalue weighted by molar-refractivity contribution is -0.127. The third kappa shape index (κ3) is 4.13. The summed E-state index contributed by atoms with van der Waals surface area (Å²) in [4.78, 5) is 23.0. The highest BCUT2D eigenvalue weighted by Crippen LogP contribution is 2.20. The molecule has 0 radical (unpaired) electrons. The molecule has 0 aliphatic carbocycles. The van der Waals surface area contributed by atoms with Gasteiger partial charge in [0.1, 0.15) is 0 Å². The minimum atomic E-state index is 0.183. The van der Waals surface area contributed by atoms with Crippen LogP contribution in [0.2, 0.25) is 0 Å². The van der Waals surface area contributed by atoms with Crippen molar-refractivity contribution >= 4 is 5.91 Å². The van der Waals surface area contributed by atoms with Crippen LogP contribution >= 0.6 is 0 Å². The topological polar surface area (TPSA) is 65.7 Å². The van der Waals surface area contributed by atoms with Crippen LogP contribution in [-0.2, 0) is 11.2 Å². The molecule has 1 atom stereocenters. The Bertz CT molecular complexity index is 539. The van der Waals surface area contributed by atoms with Gasteiger partial charge in [0.25, 0.3) is 0 Å². The fourth-order valence-corrected chi connectivity index (χ4v) is 3.54. The van der Waals surface area contributed by atoms with E-state index in [1.54, 1.807) is 0 Å². The van der Waals surface area contributed by atoms with Crippen molar-refractivity contribution in [2.24, 2.45) is 0 Å². The highest BCUT2D eigenvalue weighted by molar-refractivity contribution is 5.77. The Morgan fingerprint density at radius 1 is 1.17 bits per heavy atom. The first-order chi connectivity index (χ1) is 11.7.